The Hall–Kier alpha value is -2.26. The second-order valence-corrected chi connectivity index (χ2v) is 4.45. The molecule has 0 amide bonds. The van der Waals surface area contributed by atoms with Crippen LogP contribution in [0.3, 0.4) is 0 Å². The molecule has 3 aromatic rings. The number of ether oxygens (including phenoxy) is 1. The lowest BCUT2D eigenvalue weighted by Crippen LogP contribution is -1.88. The summed E-state index contributed by atoms with van der Waals surface area (Å²) in [6, 6.07) is 15.8. The first-order chi connectivity index (χ1) is 9.31. The molecule has 0 atom stereocenters. The predicted octanol–water partition coefficient (Wildman–Crippen LogP) is 3.34. The number of rotatable bonds is 3. The maximum atomic E-state index is 9.40. The number of aliphatic hydroxyl groups is 1. The highest BCUT2D eigenvalue weighted by molar-refractivity contribution is 5.87. The molecule has 3 rings (SSSR count). The molecule has 1 aromatic heterocycles. The smallest absolute Gasteiger partial charge is 0.119 e. The van der Waals surface area contributed by atoms with Gasteiger partial charge in [0.25, 0.3) is 0 Å². The van der Waals surface area contributed by atoms with Crippen LogP contribution >= 0.6 is 0 Å². The summed E-state index contributed by atoms with van der Waals surface area (Å²) in [6.45, 7) is 0.0366. The van der Waals surface area contributed by atoms with E-state index in [2.05, 4.69) is 11.1 Å². The summed E-state index contributed by atoms with van der Waals surface area (Å²) in [4.78, 5) is 3.37. The van der Waals surface area contributed by atoms with Crippen LogP contribution in [-0.2, 0) is 6.61 Å². The van der Waals surface area contributed by atoms with Crippen LogP contribution in [0.25, 0.3) is 22.2 Å². The van der Waals surface area contributed by atoms with E-state index in [1.165, 1.54) is 0 Å². The van der Waals surface area contributed by atoms with Gasteiger partial charge in [-0.2, -0.15) is 0 Å². The zero-order chi connectivity index (χ0) is 13.2. The van der Waals surface area contributed by atoms with Gasteiger partial charge in [-0.15, -0.1) is 0 Å². The molecule has 96 valence electrons. The summed E-state index contributed by atoms with van der Waals surface area (Å²) in [5.74, 6) is 0.841. The summed E-state index contributed by atoms with van der Waals surface area (Å²) in [5, 5.41) is 10.5. The average molecular weight is 253 g/mol. The van der Waals surface area contributed by atoms with Crippen molar-refractivity contribution in [2.45, 2.75) is 6.61 Å². The molecule has 0 bridgehead atoms. The van der Waals surface area contributed by atoms with Gasteiger partial charge in [-0.25, -0.2) is 0 Å². The lowest BCUT2D eigenvalue weighted by molar-refractivity contribution is 0.282. The van der Waals surface area contributed by atoms with Crippen molar-refractivity contribution in [3.8, 4) is 17.0 Å². The number of hydrogen-bond acceptors (Lipinski definition) is 2. The van der Waals surface area contributed by atoms with Crippen LogP contribution in [-0.4, -0.2) is 17.2 Å². The molecule has 1 heterocycles. The normalized spacial score (nSPS) is 10.8. The third kappa shape index (κ3) is 2.09. The third-order valence-electron chi connectivity index (χ3n) is 3.31. The molecule has 0 radical (unpaired) electrons. The van der Waals surface area contributed by atoms with Gasteiger partial charge < -0.3 is 14.8 Å². The molecule has 3 heteroatoms. The number of benzene rings is 2. The number of aliphatic hydroxyl groups excluding tert-OH is 1. The van der Waals surface area contributed by atoms with Crippen LogP contribution in [0.1, 0.15) is 5.56 Å². The fraction of sp³-hybridized carbons (Fsp3) is 0.125. The Bertz CT molecular complexity index is 716. The Morgan fingerprint density at radius 3 is 2.74 bits per heavy atom. The van der Waals surface area contributed by atoms with E-state index >= 15 is 0 Å². The Labute approximate surface area is 111 Å². The van der Waals surface area contributed by atoms with Crippen molar-refractivity contribution in [1.29, 1.82) is 0 Å². The SMILES string of the molecule is COc1ccc2[nH]c(-c3ccccc3CO)cc2c1. The van der Waals surface area contributed by atoms with Crippen molar-refractivity contribution in [2.24, 2.45) is 0 Å². The topological polar surface area (TPSA) is 45.2 Å². The Kier molecular flexibility index (Phi) is 2.97. The first-order valence-electron chi connectivity index (χ1n) is 6.17. The van der Waals surface area contributed by atoms with Gasteiger partial charge in [-0.1, -0.05) is 24.3 Å². The summed E-state index contributed by atoms with van der Waals surface area (Å²) in [6.07, 6.45) is 0. The molecule has 3 nitrogen and oxygen atoms in total. The minimum atomic E-state index is 0.0366. The van der Waals surface area contributed by atoms with Crippen molar-refractivity contribution < 1.29 is 9.84 Å². The number of aromatic amines is 1. The molecule has 2 aromatic carbocycles. The van der Waals surface area contributed by atoms with Gasteiger partial charge in [0.05, 0.1) is 13.7 Å². The van der Waals surface area contributed by atoms with Gasteiger partial charge in [0.1, 0.15) is 5.75 Å². The van der Waals surface area contributed by atoms with Gasteiger partial charge in [0.15, 0.2) is 0 Å². The van der Waals surface area contributed by atoms with Gasteiger partial charge in [-0.3, -0.25) is 0 Å². The highest BCUT2D eigenvalue weighted by atomic mass is 16.5. The molecule has 0 saturated carbocycles. The largest absolute Gasteiger partial charge is 0.497 e. The van der Waals surface area contributed by atoms with Crippen molar-refractivity contribution in [3.63, 3.8) is 0 Å². The quantitative estimate of drug-likeness (QED) is 0.752. The summed E-state index contributed by atoms with van der Waals surface area (Å²) in [5.41, 5.74) is 4.01. The summed E-state index contributed by atoms with van der Waals surface area (Å²) in [7, 11) is 1.66. The third-order valence-corrected chi connectivity index (χ3v) is 3.31. The van der Waals surface area contributed by atoms with Crippen LogP contribution in [0.5, 0.6) is 5.75 Å². The number of H-pyrrole nitrogens is 1. The predicted molar refractivity (Wildman–Crippen MR) is 76.2 cm³/mol. The Balaban J connectivity index is 2.15. The maximum absolute atomic E-state index is 9.40. The summed E-state index contributed by atoms with van der Waals surface area (Å²) >= 11 is 0. The Morgan fingerprint density at radius 2 is 1.95 bits per heavy atom. The van der Waals surface area contributed by atoms with Crippen LogP contribution in [0, 0.1) is 0 Å². The monoisotopic (exact) mass is 253 g/mol. The maximum Gasteiger partial charge on any atom is 0.119 e. The van der Waals surface area contributed by atoms with E-state index in [9.17, 15) is 5.11 Å². The first-order valence-corrected chi connectivity index (χ1v) is 6.17. The standard InChI is InChI=1S/C16H15NO2/c1-19-13-6-7-15-12(8-13)9-16(17-15)14-5-3-2-4-11(14)10-18/h2-9,17-18H,10H2,1H3. The number of aromatic nitrogens is 1. The highest BCUT2D eigenvalue weighted by Crippen LogP contribution is 2.28. The Morgan fingerprint density at radius 1 is 1.11 bits per heavy atom. The highest BCUT2D eigenvalue weighted by Gasteiger charge is 2.07. The molecule has 0 aliphatic heterocycles. The zero-order valence-corrected chi connectivity index (χ0v) is 10.7. The molecule has 2 N–H and O–H groups in total. The molecular weight excluding hydrogens is 238 g/mol. The average Bonchev–Trinajstić information content (AvgIpc) is 2.89. The van der Waals surface area contributed by atoms with E-state index in [0.717, 1.165) is 33.5 Å². The van der Waals surface area contributed by atoms with E-state index < -0.39 is 0 Å². The molecule has 0 unspecified atom stereocenters. The van der Waals surface area contributed by atoms with E-state index in [0.29, 0.717) is 0 Å². The minimum Gasteiger partial charge on any atom is -0.497 e. The van der Waals surface area contributed by atoms with Crippen molar-refractivity contribution in [3.05, 3.63) is 54.1 Å². The second-order valence-electron chi connectivity index (χ2n) is 4.45. The van der Waals surface area contributed by atoms with Crippen molar-refractivity contribution in [2.75, 3.05) is 7.11 Å². The fourth-order valence-corrected chi connectivity index (χ4v) is 2.30. The van der Waals surface area contributed by atoms with Gasteiger partial charge in [0, 0.05) is 22.2 Å². The van der Waals surface area contributed by atoms with Crippen LogP contribution in [0.15, 0.2) is 48.5 Å². The molecule has 0 saturated heterocycles. The van der Waals surface area contributed by atoms with E-state index in [-0.39, 0.29) is 6.61 Å². The van der Waals surface area contributed by atoms with Gasteiger partial charge in [-0.05, 0) is 29.8 Å². The zero-order valence-electron chi connectivity index (χ0n) is 10.7. The van der Waals surface area contributed by atoms with E-state index in [1.807, 2.05) is 42.5 Å². The number of nitrogens with one attached hydrogen (secondary N) is 1. The lowest BCUT2D eigenvalue weighted by Gasteiger charge is -2.04. The van der Waals surface area contributed by atoms with Crippen molar-refractivity contribution in [1.82, 2.24) is 4.98 Å². The second kappa shape index (κ2) is 4.78. The van der Waals surface area contributed by atoms with Crippen LogP contribution < -0.4 is 4.74 Å². The molecular formula is C16H15NO2. The number of hydrogen-bond donors (Lipinski definition) is 2. The van der Waals surface area contributed by atoms with Crippen molar-refractivity contribution >= 4 is 10.9 Å². The molecule has 19 heavy (non-hydrogen) atoms. The van der Waals surface area contributed by atoms with E-state index in [1.54, 1.807) is 7.11 Å². The van der Waals surface area contributed by atoms with Crippen LogP contribution in [0.4, 0.5) is 0 Å². The minimum absolute atomic E-state index is 0.0366. The molecule has 0 aliphatic rings. The number of methoxy groups -OCH3 is 1. The van der Waals surface area contributed by atoms with Crippen LogP contribution in [0.2, 0.25) is 0 Å². The fourth-order valence-electron chi connectivity index (χ4n) is 2.30. The summed E-state index contributed by atoms with van der Waals surface area (Å²) < 4.78 is 5.23. The molecule has 0 spiro atoms. The lowest BCUT2D eigenvalue weighted by atomic mass is 10.1. The first kappa shape index (κ1) is 11.8. The molecule has 0 aliphatic carbocycles. The molecule has 0 fully saturated rings. The van der Waals surface area contributed by atoms with E-state index in [4.69, 9.17) is 4.74 Å². The number of fused-ring (bicyclic) bond motifs is 1. The van der Waals surface area contributed by atoms with Gasteiger partial charge in [0.2, 0.25) is 0 Å². The van der Waals surface area contributed by atoms with Gasteiger partial charge >= 0.3 is 0 Å².